The van der Waals surface area contributed by atoms with Gasteiger partial charge >= 0.3 is 0 Å². The summed E-state index contributed by atoms with van der Waals surface area (Å²) in [7, 11) is -3.40. The van der Waals surface area contributed by atoms with Gasteiger partial charge in [0.2, 0.25) is 5.95 Å². The van der Waals surface area contributed by atoms with Gasteiger partial charge in [-0.3, -0.25) is 4.90 Å². The van der Waals surface area contributed by atoms with E-state index in [-0.39, 0.29) is 11.7 Å². The molecule has 2 aromatic carbocycles. The van der Waals surface area contributed by atoms with E-state index in [0.29, 0.717) is 24.5 Å². The first kappa shape index (κ1) is 18.4. The molecular weight excluding hydrogens is 394 g/mol. The maximum Gasteiger partial charge on any atom is 0.212 e. The van der Waals surface area contributed by atoms with Crippen LogP contribution in [0.3, 0.4) is 0 Å². The summed E-state index contributed by atoms with van der Waals surface area (Å²) in [5, 5.41) is -0.473. The lowest BCUT2D eigenvalue weighted by atomic mass is 9.95. The fourth-order valence-corrected chi connectivity index (χ4v) is 6.62. The van der Waals surface area contributed by atoms with E-state index in [0.717, 1.165) is 22.3 Å². The normalized spacial score (nSPS) is 22.4. The van der Waals surface area contributed by atoms with E-state index in [2.05, 4.69) is 9.88 Å². The second kappa shape index (κ2) is 6.71. The molecule has 0 radical (unpaired) electrons. The maximum atomic E-state index is 13.1. The molecular formula is C22H18F2N2O2S. The fourth-order valence-electron chi connectivity index (χ4n) is 4.43. The van der Waals surface area contributed by atoms with Crippen LogP contribution in [0.2, 0.25) is 0 Å². The van der Waals surface area contributed by atoms with E-state index in [1.165, 1.54) is 24.4 Å². The van der Waals surface area contributed by atoms with E-state index in [9.17, 15) is 17.2 Å². The molecule has 5 rings (SSSR count). The lowest BCUT2D eigenvalue weighted by Gasteiger charge is -2.17. The molecule has 0 spiro atoms. The quantitative estimate of drug-likeness (QED) is 0.615. The summed E-state index contributed by atoms with van der Waals surface area (Å²) in [5.74, 6) is -0.944. The molecule has 1 saturated heterocycles. The number of likely N-dealkylation sites (tertiary alicyclic amines) is 1. The van der Waals surface area contributed by atoms with Gasteiger partial charge in [-0.1, -0.05) is 18.2 Å². The third kappa shape index (κ3) is 3.14. The van der Waals surface area contributed by atoms with Crippen LogP contribution in [0.15, 0.2) is 65.7 Å². The molecule has 148 valence electrons. The molecule has 0 bridgehead atoms. The highest BCUT2D eigenvalue weighted by atomic mass is 32.2. The SMILES string of the molecule is O=S1(=O)c2ccc(-c3ccc(F)nc3)cc2[C@H]2CN(Cc3ccc(F)cc3)C[C@@H]21. The Bertz CT molecular complexity index is 1180. The van der Waals surface area contributed by atoms with Gasteiger partial charge < -0.3 is 0 Å². The minimum atomic E-state index is -3.40. The number of hydrogen-bond donors (Lipinski definition) is 0. The van der Waals surface area contributed by atoms with Gasteiger partial charge in [0.25, 0.3) is 0 Å². The highest BCUT2D eigenvalue weighted by molar-refractivity contribution is 7.92. The zero-order valence-corrected chi connectivity index (χ0v) is 16.2. The van der Waals surface area contributed by atoms with Crippen LogP contribution in [0, 0.1) is 11.8 Å². The Kier molecular flexibility index (Phi) is 4.26. The van der Waals surface area contributed by atoms with Gasteiger partial charge in [-0.2, -0.15) is 4.39 Å². The first-order valence-corrected chi connectivity index (χ1v) is 10.9. The molecule has 3 aromatic rings. The number of sulfone groups is 1. The third-order valence-corrected chi connectivity index (χ3v) is 8.10. The maximum absolute atomic E-state index is 13.1. The highest BCUT2D eigenvalue weighted by Crippen LogP contribution is 2.46. The molecule has 2 atom stereocenters. The predicted molar refractivity (Wildman–Crippen MR) is 105 cm³/mol. The number of aromatic nitrogens is 1. The van der Waals surface area contributed by atoms with Crippen LogP contribution in [0.1, 0.15) is 17.0 Å². The van der Waals surface area contributed by atoms with Crippen molar-refractivity contribution in [2.45, 2.75) is 22.6 Å². The molecule has 0 N–H and O–H groups in total. The summed E-state index contributed by atoms with van der Waals surface area (Å²) >= 11 is 0. The molecule has 29 heavy (non-hydrogen) atoms. The Balaban J connectivity index is 1.46. The Labute approximate surface area is 167 Å². The predicted octanol–water partition coefficient (Wildman–Crippen LogP) is 3.78. The van der Waals surface area contributed by atoms with Crippen molar-refractivity contribution < 1.29 is 17.2 Å². The van der Waals surface area contributed by atoms with Gasteiger partial charge in [-0.15, -0.1) is 0 Å². The molecule has 1 fully saturated rings. The van der Waals surface area contributed by atoms with E-state index in [4.69, 9.17) is 0 Å². The third-order valence-electron chi connectivity index (χ3n) is 5.84. The first-order valence-electron chi connectivity index (χ1n) is 9.38. The van der Waals surface area contributed by atoms with Crippen LogP contribution in [-0.2, 0) is 16.4 Å². The number of hydrogen-bond acceptors (Lipinski definition) is 4. The summed E-state index contributed by atoms with van der Waals surface area (Å²) in [5.41, 5.74) is 3.34. The second-order valence-corrected chi connectivity index (χ2v) is 9.77. The molecule has 3 heterocycles. The van der Waals surface area contributed by atoms with E-state index in [1.807, 2.05) is 6.07 Å². The molecule has 1 aromatic heterocycles. The van der Waals surface area contributed by atoms with Crippen molar-refractivity contribution in [1.29, 1.82) is 0 Å². The lowest BCUT2D eigenvalue weighted by Crippen LogP contribution is -2.25. The van der Waals surface area contributed by atoms with Gasteiger partial charge in [0.05, 0.1) is 10.1 Å². The van der Waals surface area contributed by atoms with Crippen molar-refractivity contribution in [2.24, 2.45) is 0 Å². The minimum Gasteiger partial charge on any atom is -0.297 e. The number of fused-ring (bicyclic) bond motifs is 3. The van der Waals surface area contributed by atoms with Crippen LogP contribution >= 0.6 is 0 Å². The number of halogens is 2. The number of rotatable bonds is 3. The van der Waals surface area contributed by atoms with E-state index in [1.54, 1.807) is 30.3 Å². The largest absolute Gasteiger partial charge is 0.297 e. The summed E-state index contributed by atoms with van der Waals surface area (Å²) in [6.45, 7) is 1.66. The molecule has 7 heteroatoms. The summed E-state index contributed by atoms with van der Waals surface area (Å²) < 4.78 is 52.4. The first-order chi connectivity index (χ1) is 13.9. The lowest BCUT2D eigenvalue weighted by molar-refractivity contribution is 0.325. The summed E-state index contributed by atoms with van der Waals surface area (Å²) in [4.78, 5) is 6.19. The van der Waals surface area contributed by atoms with E-state index >= 15 is 0 Å². The number of pyridine rings is 1. The topological polar surface area (TPSA) is 50.3 Å². The Morgan fingerprint density at radius 3 is 2.45 bits per heavy atom. The van der Waals surface area contributed by atoms with Crippen molar-refractivity contribution >= 4 is 9.84 Å². The van der Waals surface area contributed by atoms with E-state index < -0.39 is 21.0 Å². The van der Waals surface area contributed by atoms with Crippen molar-refractivity contribution in [3.8, 4) is 11.1 Å². The molecule has 4 nitrogen and oxygen atoms in total. The average Bonchev–Trinajstić information content (AvgIpc) is 3.22. The fraction of sp³-hybridized carbons (Fsp3) is 0.227. The smallest absolute Gasteiger partial charge is 0.212 e. The zero-order chi connectivity index (χ0) is 20.2. The van der Waals surface area contributed by atoms with Gasteiger partial charge in [0, 0.05) is 37.3 Å². The average molecular weight is 412 g/mol. The summed E-state index contributed by atoms with van der Waals surface area (Å²) in [6.07, 6.45) is 1.45. The van der Waals surface area contributed by atoms with Gasteiger partial charge in [-0.05, 0) is 53.1 Å². The Morgan fingerprint density at radius 2 is 1.72 bits per heavy atom. The Hall–Kier alpha value is -2.64. The minimum absolute atomic E-state index is 0.108. The zero-order valence-electron chi connectivity index (χ0n) is 15.4. The van der Waals surface area contributed by atoms with Crippen LogP contribution in [0.25, 0.3) is 11.1 Å². The highest BCUT2D eigenvalue weighted by Gasteiger charge is 2.50. The molecule has 0 saturated carbocycles. The molecule has 2 aliphatic rings. The molecule has 2 aliphatic heterocycles. The standard InChI is InChI=1S/C22H18F2N2O2S/c23-17-5-1-14(2-6-17)11-26-12-19-18-9-15(16-4-8-22(24)25-10-16)3-7-20(18)29(27,28)21(19)13-26/h1-10,19,21H,11-13H2/t19-,21+/m1/s1. The van der Waals surface area contributed by atoms with Crippen LogP contribution < -0.4 is 0 Å². The van der Waals surface area contributed by atoms with Crippen molar-refractivity contribution in [3.05, 3.63) is 83.7 Å². The van der Waals surface area contributed by atoms with Crippen LogP contribution in [-0.4, -0.2) is 36.6 Å². The Morgan fingerprint density at radius 1 is 0.966 bits per heavy atom. The number of nitrogens with zero attached hydrogens (tertiary/aromatic N) is 2. The van der Waals surface area contributed by atoms with Crippen LogP contribution in [0.4, 0.5) is 8.78 Å². The van der Waals surface area contributed by atoms with Gasteiger partial charge in [-0.25, -0.2) is 17.8 Å². The van der Waals surface area contributed by atoms with Gasteiger partial charge in [0.1, 0.15) is 5.82 Å². The molecule has 0 amide bonds. The van der Waals surface area contributed by atoms with Gasteiger partial charge in [0.15, 0.2) is 9.84 Å². The second-order valence-electron chi connectivity index (χ2n) is 7.63. The number of benzene rings is 2. The summed E-state index contributed by atoms with van der Waals surface area (Å²) in [6, 6.07) is 14.5. The molecule has 0 unspecified atom stereocenters. The molecule has 0 aliphatic carbocycles. The van der Waals surface area contributed by atoms with Crippen molar-refractivity contribution in [2.75, 3.05) is 13.1 Å². The van der Waals surface area contributed by atoms with Crippen molar-refractivity contribution in [1.82, 2.24) is 9.88 Å². The van der Waals surface area contributed by atoms with Crippen molar-refractivity contribution in [3.63, 3.8) is 0 Å². The monoisotopic (exact) mass is 412 g/mol. The van der Waals surface area contributed by atoms with Crippen LogP contribution in [0.5, 0.6) is 0 Å².